The number of hydrazine groups is 2. The second kappa shape index (κ2) is 5.48. The molecule has 11 heteroatoms. The number of carbonyl (C=O) groups is 1. The van der Waals surface area contributed by atoms with Gasteiger partial charge in [0.15, 0.2) is 0 Å². The lowest BCUT2D eigenvalue weighted by Crippen LogP contribution is -2.47. The second-order valence-electron chi connectivity index (χ2n) is 4.15. The van der Waals surface area contributed by atoms with Gasteiger partial charge in [-0.25, -0.2) is 5.01 Å². The van der Waals surface area contributed by atoms with Gasteiger partial charge in [-0.2, -0.15) is 10.2 Å². The first kappa shape index (κ1) is 13.0. The van der Waals surface area contributed by atoms with Crippen LogP contribution < -0.4 is 10.7 Å². The normalized spacial score (nSPS) is 14.3. The Morgan fingerprint density at radius 1 is 1.53 bits per heavy atom. The van der Waals surface area contributed by atoms with Crippen LogP contribution in [0.15, 0.2) is 5.10 Å². The van der Waals surface area contributed by atoms with Crippen LogP contribution in [0.5, 0.6) is 0 Å². The molecular formula is C8H15N9O2. The third-order valence-corrected chi connectivity index (χ3v) is 2.36. The summed E-state index contributed by atoms with van der Waals surface area (Å²) in [7, 11) is 3.92. The summed E-state index contributed by atoms with van der Waals surface area (Å²) < 4.78 is 1.17. The highest BCUT2D eigenvalue weighted by Gasteiger charge is 2.24. The van der Waals surface area contributed by atoms with Gasteiger partial charge in [-0.3, -0.25) is 4.79 Å². The first-order valence-electron chi connectivity index (χ1n) is 5.56. The lowest BCUT2D eigenvalue weighted by Gasteiger charge is -2.27. The van der Waals surface area contributed by atoms with Crippen molar-refractivity contribution < 1.29 is 9.90 Å². The van der Waals surface area contributed by atoms with Crippen LogP contribution in [0.2, 0.25) is 0 Å². The zero-order chi connectivity index (χ0) is 13.8. The molecule has 0 aromatic carbocycles. The summed E-state index contributed by atoms with van der Waals surface area (Å²) in [4.78, 5) is 12.7. The van der Waals surface area contributed by atoms with Crippen LogP contribution in [-0.4, -0.2) is 74.7 Å². The molecule has 1 aliphatic rings. The summed E-state index contributed by atoms with van der Waals surface area (Å²) in [6.45, 7) is 1.14. The predicted octanol–water partition coefficient (Wildman–Crippen LogP) is -2.20. The van der Waals surface area contributed by atoms with Gasteiger partial charge in [0, 0.05) is 6.54 Å². The van der Waals surface area contributed by atoms with Crippen molar-refractivity contribution in [3.05, 3.63) is 0 Å². The van der Waals surface area contributed by atoms with Crippen LogP contribution in [0.4, 0.5) is 5.95 Å². The molecule has 19 heavy (non-hydrogen) atoms. The number of likely N-dealkylation sites (N-methyl/N-ethyl adjacent to an activating group) is 1. The number of hydrazone groups is 1. The van der Waals surface area contributed by atoms with Crippen molar-refractivity contribution in [3.63, 3.8) is 0 Å². The van der Waals surface area contributed by atoms with Gasteiger partial charge in [0.05, 0.1) is 6.54 Å². The monoisotopic (exact) mass is 269 g/mol. The number of rotatable bonds is 6. The molecule has 0 aliphatic carbocycles. The molecule has 2 N–H and O–H groups in total. The lowest BCUT2D eigenvalue weighted by atomic mass is 10.5. The van der Waals surface area contributed by atoms with E-state index >= 15 is 0 Å². The minimum absolute atomic E-state index is 0.263. The van der Waals surface area contributed by atoms with Gasteiger partial charge in [-0.1, -0.05) is 5.10 Å². The molecule has 0 unspecified atom stereocenters. The summed E-state index contributed by atoms with van der Waals surface area (Å²) in [6.07, 6.45) is 1.59. The molecule has 104 valence electrons. The van der Waals surface area contributed by atoms with Crippen molar-refractivity contribution in [1.82, 2.24) is 35.7 Å². The first-order valence-corrected chi connectivity index (χ1v) is 5.56. The molecule has 0 fully saturated rings. The third kappa shape index (κ3) is 3.07. The van der Waals surface area contributed by atoms with Crippen molar-refractivity contribution in [2.24, 2.45) is 5.10 Å². The van der Waals surface area contributed by atoms with Crippen molar-refractivity contribution in [2.75, 3.05) is 32.3 Å². The van der Waals surface area contributed by atoms with Crippen LogP contribution >= 0.6 is 0 Å². The highest BCUT2D eigenvalue weighted by Crippen LogP contribution is 2.11. The molecule has 0 bridgehead atoms. The molecule has 0 radical (unpaired) electrons. The molecular weight excluding hydrogens is 254 g/mol. The van der Waals surface area contributed by atoms with Gasteiger partial charge in [0.25, 0.3) is 5.95 Å². The van der Waals surface area contributed by atoms with E-state index in [1.807, 2.05) is 19.0 Å². The standard InChI is InChI=1S/C8H15N9O2/c1-14(2)3-4-15-6-9-12-17(15)8-10-11-13-16(8)5-7(18)19/h6,12H,3-5H2,1-2H3,(H,18,19). The maximum absolute atomic E-state index is 10.7. The zero-order valence-corrected chi connectivity index (χ0v) is 10.6. The Labute approximate surface area is 109 Å². The lowest BCUT2D eigenvalue weighted by molar-refractivity contribution is -0.137. The molecule has 1 aromatic heterocycles. The van der Waals surface area contributed by atoms with Crippen LogP contribution in [0.3, 0.4) is 0 Å². The Kier molecular flexibility index (Phi) is 3.75. The number of nitrogens with one attached hydrogen (secondary N) is 1. The van der Waals surface area contributed by atoms with E-state index in [0.717, 1.165) is 6.54 Å². The maximum atomic E-state index is 10.7. The van der Waals surface area contributed by atoms with E-state index in [9.17, 15) is 4.79 Å². The molecule has 0 saturated heterocycles. The Morgan fingerprint density at radius 3 is 3.00 bits per heavy atom. The fourth-order valence-corrected chi connectivity index (χ4v) is 1.46. The Morgan fingerprint density at radius 2 is 2.32 bits per heavy atom. The topological polar surface area (TPSA) is 115 Å². The number of hydrogen-bond acceptors (Lipinski definition) is 9. The van der Waals surface area contributed by atoms with Gasteiger partial charge < -0.3 is 10.0 Å². The maximum Gasteiger partial charge on any atom is 0.325 e. The number of aromatic nitrogens is 4. The highest BCUT2D eigenvalue weighted by atomic mass is 16.4. The number of carboxylic acid groups (broad SMARTS) is 1. The van der Waals surface area contributed by atoms with Gasteiger partial charge in [-0.05, 0) is 24.5 Å². The van der Waals surface area contributed by atoms with Gasteiger partial charge in [0.2, 0.25) is 0 Å². The van der Waals surface area contributed by atoms with E-state index < -0.39 is 5.97 Å². The number of aliphatic carboxylic acids is 1. The Bertz CT molecular complexity index is 471. The minimum Gasteiger partial charge on any atom is -0.480 e. The largest absolute Gasteiger partial charge is 0.480 e. The highest BCUT2D eigenvalue weighted by molar-refractivity contribution is 5.67. The average Bonchev–Trinajstić information content (AvgIpc) is 2.93. The molecule has 0 spiro atoms. The van der Waals surface area contributed by atoms with Crippen LogP contribution in [-0.2, 0) is 11.3 Å². The number of anilines is 1. The average molecular weight is 269 g/mol. The van der Waals surface area contributed by atoms with Crippen molar-refractivity contribution in [3.8, 4) is 0 Å². The summed E-state index contributed by atoms with van der Waals surface area (Å²) in [5.74, 6) is -0.757. The van der Waals surface area contributed by atoms with E-state index in [1.54, 1.807) is 11.3 Å². The zero-order valence-electron chi connectivity index (χ0n) is 10.6. The summed E-state index contributed by atoms with van der Waals surface area (Å²) in [6, 6.07) is 0. The van der Waals surface area contributed by atoms with E-state index in [2.05, 4.69) is 26.2 Å². The molecule has 1 aliphatic heterocycles. The molecule has 0 amide bonds. The van der Waals surface area contributed by atoms with Crippen LogP contribution in [0, 0.1) is 0 Å². The SMILES string of the molecule is CN(C)CCN1C=NNN1c1nnnn1CC(=O)O. The number of hydrogen-bond donors (Lipinski definition) is 2. The van der Waals surface area contributed by atoms with E-state index in [-0.39, 0.29) is 12.5 Å². The molecule has 11 nitrogen and oxygen atoms in total. The molecule has 1 aromatic rings. The summed E-state index contributed by atoms with van der Waals surface area (Å²) >= 11 is 0. The quantitative estimate of drug-likeness (QED) is 0.593. The predicted molar refractivity (Wildman–Crippen MR) is 64.8 cm³/mol. The van der Waals surface area contributed by atoms with Crippen molar-refractivity contribution >= 4 is 18.3 Å². The number of nitrogens with zero attached hydrogens (tertiary/aromatic N) is 8. The number of carboxylic acids is 1. The van der Waals surface area contributed by atoms with E-state index in [1.165, 1.54) is 9.80 Å². The number of tetrazole rings is 1. The smallest absolute Gasteiger partial charge is 0.325 e. The summed E-state index contributed by atoms with van der Waals surface area (Å²) in [5, 5.41) is 26.8. The minimum atomic E-state index is -1.02. The fourth-order valence-electron chi connectivity index (χ4n) is 1.46. The molecule has 2 heterocycles. The fraction of sp³-hybridized carbons (Fsp3) is 0.625. The summed E-state index contributed by atoms with van der Waals surface area (Å²) in [5.41, 5.74) is 2.70. The van der Waals surface area contributed by atoms with Crippen molar-refractivity contribution in [1.29, 1.82) is 0 Å². The van der Waals surface area contributed by atoms with Gasteiger partial charge in [0.1, 0.15) is 12.9 Å². The van der Waals surface area contributed by atoms with Crippen LogP contribution in [0.1, 0.15) is 0 Å². The van der Waals surface area contributed by atoms with Gasteiger partial charge in [-0.15, -0.1) is 10.2 Å². The first-order chi connectivity index (χ1) is 9.08. The molecule has 0 saturated carbocycles. The molecule has 0 atom stereocenters. The van der Waals surface area contributed by atoms with Crippen LogP contribution in [0.25, 0.3) is 0 Å². The molecule has 2 rings (SSSR count). The van der Waals surface area contributed by atoms with E-state index in [4.69, 9.17) is 5.11 Å². The van der Waals surface area contributed by atoms with Crippen molar-refractivity contribution in [2.45, 2.75) is 6.54 Å². The second-order valence-corrected chi connectivity index (χ2v) is 4.15. The van der Waals surface area contributed by atoms with E-state index in [0.29, 0.717) is 6.54 Å². The Balaban J connectivity index is 2.08. The third-order valence-electron chi connectivity index (χ3n) is 2.36. The Hall–Kier alpha value is -2.43. The van der Waals surface area contributed by atoms with Gasteiger partial charge >= 0.3 is 5.97 Å².